The van der Waals surface area contributed by atoms with E-state index in [1.165, 1.54) is 37.7 Å². The van der Waals surface area contributed by atoms with Gasteiger partial charge >= 0.3 is 0 Å². The summed E-state index contributed by atoms with van der Waals surface area (Å²) in [6, 6.07) is 6.81. The summed E-state index contributed by atoms with van der Waals surface area (Å²) in [6.07, 6.45) is 13.7. The van der Waals surface area contributed by atoms with Crippen LogP contribution in [0.3, 0.4) is 0 Å². The van der Waals surface area contributed by atoms with Gasteiger partial charge in [0.15, 0.2) is 0 Å². The molecule has 0 saturated heterocycles. The normalized spacial score (nSPS) is 27.4. The van der Waals surface area contributed by atoms with Gasteiger partial charge < -0.3 is 0 Å². The maximum absolute atomic E-state index is 2.44. The van der Waals surface area contributed by atoms with Crippen molar-refractivity contribution < 1.29 is 0 Å². The lowest BCUT2D eigenvalue weighted by Crippen LogP contribution is -2.07. The van der Waals surface area contributed by atoms with Gasteiger partial charge in [0.1, 0.15) is 0 Å². The maximum Gasteiger partial charge on any atom is -0.00142 e. The van der Waals surface area contributed by atoms with Crippen LogP contribution in [0.1, 0.15) is 42.9 Å². The predicted octanol–water partition coefficient (Wildman–Crippen LogP) is 5.32. The van der Waals surface area contributed by atoms with Gasteiger partial charge in [-0.05, 0) is 85.6 Å². The molecule has 2 unspecified atom stereocenters. The van der Waals surface area contributed by atoms with Crippen LogP contribution in [0.5, 0.6) is 0 Å². The number of aryl methyl sites for hydroxylation is 1. The molecule has 3 aliphatic rings. The molecule has 0 heterocycles. The molecule has 0 heteroatoms. The van der Waals surface area contributed by atoms with Crippen LogP contribution in [-0.2, 0) is 12.8 Å². The van der Waals surface area contributed by atoms with Crippen LogP contribution in [0.15, 0.2) is 53.1 Å². The molecular weight excluding hydrogens is 252 g/mol. The van der Waals surface area contributed by atoms with Crippen molar-refractivity contribution in [1.29, 1.82) is 0 Å². The molecule has 1 aromatic rings. The van der Waals surface area contributed by atoms with E-state index in [9.17, 15) is 0 Å². The number of fused-ring (bicyclic) bond motifs is 2. The zero-order valence-electron chi connectivity index (χ0n) is 13.2. The number of rotatable bonds is 1. The highest BCUT2D eigenvalue weighted by Gasteiger charge is 2.29. The van der Waals surface area contributed by atoms with Crippen LogP contribution in [0.4, 0.5) is 0 Å². The van der Waals surface area contributed by atoms with Gasteiger partial charge in [-0.15, -0.1) is 0 Å². The Kier molecular flexibility index (Phi) is 3.14. The Labute approximate surface area is 128 Å². The molecule has 0 nitrogen and oxygen atoms in total. The molecule has 1 saturated carbocycles. The van der Waals surface area contributed by atoms with E-state index >= 15 is 0 Å². The lowest BCUT2D eigenvalue weighted by atomic mass is 9.86. The molecule has 2 atom stereocenters. The summed E-state index contributed by atoms with van der Waals surface area (Å²) in [5.74, 6) is 1.42. The average Bonchev–Trinajstić information content (AvgIpc) is 3.07. The molecule has 3 aliphatic carbocycles. The second kappa shape index (κ2) is 5.02. The molecule has 21 heavy (non-hydrogen) atoms. The van der Waals surface area contributed by atoms with Crippen molar-refractivity contribution in [2.75, 3.05) is 0 Å². The van der Waals surface area contributed by atoms with E-state index in [1.54, 1.807) is 27.8 Å². The zero-order valence-corrected chi connectivity index (χ0v) is 13.2. The van der Waals surface area contributed by atoms with Gasteiger partial charge in [-0.1, -0.05) is 42.0 Å². The topological polar surface area (TPSA) is 0 Å². The summed E-state index contributed by atoms with van der Waals surface area (Å²) >= 11 is 0. The first-order chi connectivity index (χ1) is 10.2. The van der Waals surface area contributed by atoms with Gasteiger partial charge in [-0.25, -0.2) is 0 Å². The second-order valence-corrected chi connectivity index (χ2v) is 6.97. The third-order valence-electron chi connectivity index (χ3n) is 5.81. The minimum atomic E-state index is 0.692. The van der Waals surface area contributed by atoms with E-state index in [2.05, 4.69) is 50.3 Å². The molecule has 108 valence electrons. The lowest BCUT2D eigenvalue weighted by molar-refractivity contribution is 0.661. The van der Waals surface area contributed by atoms with Crippen LogP contribution in [0.2, 0.25) is 0 Å². The lowest BCUT2D eigenvalue weighted by Gasteiger charge is -2.18. The third kappa shape index (κ3) is 2.12. The van der Waals surface area contributed by atoms with Gasteiger partial charge in [-0.2, -0.15) is 0 Å². The van der Waals surface area contributed by atoms with Crippen molar-refractivity contribution in [3.05, 3.63) is 69.8 Å². The van der Waals surface area contributed by atoms with E-state index in [0.29, 0.717) is 5.92 Å². The smallest absolute Gasteiger partial charge is 0.00142 e. The molecule has 1 fully saturated rings. The van der Waals surface area contributed by atoms with E-state index in [4.69, 9.17) is 0 Å². The Morgan fingerprint density at radius 1 is 1.10 bits per heavy atom. The van der Waals surface area contributed by atoms with Crippen molar-refractivity contribution >= 4 is 0 Å². The van der Waals surface area contributed by atoms with Crippen LogP contribution in [0, 0.1) is 18.8 Å². The van der Waals surface area contributed by atoms with Gasteiger partial charge in [-0.3, -0.25) is 0 Å². The third-order valence-corrected chi connectivity index (χ3v) is 5.81. The van der Waals surface area contributed by atoms with Crippen molar-refractivity contribution in [2.45, 2.75) is 46.0 Å². The highest BCUT2D eigenvalue weighted by atomic mass is 14.3. The summed E-state index contributed by atoms with van der Waals surface area (Å²) < 4.78 is 0. The summed E-state index contributed by atoms with van der Waals surface area (Å²) in [5, 5.41) is 0. The van der Waals surface area contributed by atoms with Crippen LogP contribution in [0.25, 0.3) is 0 Å². The molecule has 0 radical (unpaired) electrons. The standard InChI is InChI=1S/C21H24/c1-14-6-3-9-17-12-18(13-21(14)17)20-11-5-8-16-7-4-10-19(16)15(20)2/h3,5-6,8-9,11,16,18H,4,7,10,12-13H2,1-2H3. The van der Waals surface area contributed by atoms with Gasteiger partial charge in [0, 0.05) is 0 Å². The zero-order chi connectivity index (χ0) is 14.4. The molecule has 0 aliphatic heterocycles. The first-order valence-corrected chi connectivity index (χ1v) is 8.40. The Bertz CT molecular complexity index is 669. The molecular formula is C21H24. The fourth-order valence-electron chi connectivity index (χ4n) is 4.65. The van der Waals surface area contributed by atoms with Gasteiger partial charge in [0.05, 0.1) is 0 Å². The Morgan fingerprint density at radius 2 is 2.00 bits per heavy atom. The van der Waals surface area contributed by atoms with Crippen molar-refractivity contribution in [3.63, 3.8) is 0 Å². The predicted molar refractivity (Wildman–Crippen MR) is 89.3 cm³/mol. The van der Waals surface area contributed by atoms with Crippen molar-refractivity contribution in [3.8, 4) is 0 Å². The first kappa shape index (κ1) is 13.1. The van der Waals surface area contributed by atoms with Crippen LogP contribution in [-0.4, -0.2) is 0 Å². The average molecular weight is 276 g/mol. The number of benzene rings is 1. The quantitative estimate of drug-likeness (QED) is 0.651. The minimum Gasteiger partial charge on any atom is -0.0773 e. The second-order valence-electron chi connectivity index (χ2n) is 6.97. The highest BCUT2D eigenvalue weighted by molar-refractivity contribution is 5.48. The number of allylic oxidation sites excluding steroid dienone is 6. The molecule has 1 aromatic carbocycles. The molecule has 0 aromatic heterocycles. The molecule has 0 amide bonds. The van der Waals surface area contributed by atoms with Crippen molar-refractivity contribution in [2.24, 2.45) is 11.8 Å². The number of hydrogen-bond acceptors (Lipinski definition) is 0. The maximum atomic E-state index is 2.44. The van der Waals surface area contributed by atoms with Crippen molar-refractivity contribution in [1.82, 2.24) is 0 Å². The highest BCUT2D eigenvalue weighted by Crippen LogP contribution is 2.42. The van der Waals surface area contributed by atoms with E-state index in [-0.39, 0.29) is 0 Å². The first-order valence-electron chi connectivity index (χ1n) is 8.40. The fourth-order valence-corrected chi connectivity index (χ4v) is 4.65. The van der Waals surface area contributed by atoms with E-state index in [0.717, 1.165) is 5.92 Å². The van der Waals surface area contributed by atoms with Crippen LogP contribution >= 0.6 is 0 Å². The Morgan fingerprint density at radius 3 is 2.86 bits per heavy atom. The van der Waals surface area contributed by atoms with Crippen LogP contribution < -0.4 is 0 Å². The SMILES string of the molecule is CC1=C2CCCC2C=CC=C1C1Cc2cccc(C)c2C1. The molecule has 4 rings (SSSR count). The Hall–Kier alpha value is -1.56. The summed E-state index contributed by atoms with van der Waals surface area (Å²) in [5.41, 5.74) is 9.61. The molecule has 0 N–H and O–H groups in total. The molecule has 0 bridgehead atoms. The minimum absolute atomic E-state index is 0.692. The van der Waals surface area contributed by atoms with E-state index in [1.807, 2.05) is 0 Å². The monoisotopic (exact) mass is 276 g/mol. The summed E-state index contributed by atoms with van der Waals surface area (Å²) in [7, 11) is 0. The van der Waals surface area contributed by atoms with Gasteiger partial charge in [0.25, 0.3) is 0 Å². The summed E-state index contributed by atoms with van der Waals surface area (Å²) in [4.78, 5) is 0. The van der Waals surface area contributed by atoms with E-state index < -0.39 is 0 Å². The number of hydrogen-bond donors (Lipinski definition) is 0. The van der Waals surface area contributed by atoms with Gasteiger partial charge in [0.2, 0.25) is 0 Å². The Balaban J connectivity index is 1.69. The summed E-state index contributed by atoms with van der Waals surface area (Å²) in [6.45, 7) is 4.64. The molecule has 0 spiro atoms. The largest absolute Gasteiger partial charge is 0.0773 e. The fraction of sp³-hybridized carbons (Fsp3) is 0.429.